The second-order valence-corrected chi connectivity index (χ2v) is 1.68. The lowest BCUT2D eigenvalue weighted by atomic mass is 10.3. The van der Waals surface area contributed by atoms with E-state index in [1.807, 2.05) is 0 Å². The van der Waals surface area contributed by atoms with Crippen LogP contribution < -0.4 is 5.11 Å². The number of unbranched alkanes of at least 4 members (excludes halogenated alkanes) is 1. The Balaban J connectivity index is 3.15. The SMILES string of the molecule is C=CCC/C=C(/C)[O-]. The van der Waals surface area contributed by atoms with Gasteiger partial charge in [-0.25, -0.2) is 0 Å². The van der Waals surface area contributed by atoms with Crippen molar-refractivity contribution in [2.75, 3.05) is 0 Å². The first-order valence-corrected chi connectivity index (χ1v) is 2.72. The maximum atomic E-state index is 10.2. The fourth-order valence-electron chi connectivity index (χ4n) is 0.404. The van der Waals surface area contributed by atoms with E-state index in [0.29, 0.717) is 0 Å². The van der Waals surface area contributed by atoms with Crippen LogP contribution in [0, 0.1) is 0 Å². The minimum absolute atomic E-state index is 0.145. The van der Waals surface area contributed by atoms with E-state index in [-0.39, 0.29) is 5.76 Å². The largest absolute Gasteiger partial charge is 0.876 e. The third-order valence-corrected chi connectivity index (χ3v) is 0.803. The highest BCUT2D eigenvalue weighted by Crippen LogP contribution is 1.91. The van der Waals surface area contributed by atoms with Gasteiger partial charge in [-0.3, -0.25) is 0 Å². The molecule has 0 atom stereocenters. The number of hydrogen-bond donors (Lipinski definition) is 0. The molecule has 0 saturated carbocycles. The van der Waals surface area contributed by atoms with Gasteiger partial charge in [0.15, 0.2) is 0 Å². The Morgan fingerprint density at radius 3 is 2.62 bits per heavy atom. The van der Waals surface area contributed by atoms with Crippen LogP contribution >= 0.6 is 0 Å². The van der Waals surface area contributed by atoms with Gasteiger partial charge < -0.3 is 5.11 Å². The second-order valence-electron chi connectivity index (χ2n) is 1.68. The van der Waals surface area contributed by atoms with Crippen LogP contribution in [-0.4, -0.2) is 0 Å². The first-order valence-electron chi connectivity index (χ1n) is 2.72. The summed E-state index contributed by atoms with van der Waals surface area (Å²) in [6.07, 6.45) is 5.21. The van der Waals surface area contributed by atoms with Crippen LogP contribution in [0.25, 0.3) is 0 Å². The molecule has 0 fully saturated rings. The van der Waals surface area contributed by atoms with Crippen LogP contribution in [0.1, 0.15) is 19.8 Å². The van der Waals surface area contributed by atoms with E-state index < -0.39 is 0 Å². The highest BCUT2D eigenvalue weighted by molar-refractivity contribution is 4.85. The van der Waals surface area contributed by atoms with Crippen LogP contribution in [0.2, 0.25) is 0 Å². The molecule has 0 rings (SSSR count). The van der Waals surface area contributed by atoms with Gasteiger partial charge in [-0.05, 0) is 12.8 Å². The molecule has 0 spiro atoms. The molecular formula is C7H11O-. The summed E-state index contributed by atoms with van der Waals surface area (Å²) in [5.41, 5.74) is 0. The Morgan fingerprint density at radius 2 is 2.25 bits per heavy atom. The molecule has 0 aromatic rings. The minimum Gasteiger partial charge on any atom is -0.876 e. The maximum Gasteiger partial charge on any atom is -0.0319 e. The van der Waals surface area contributed by atoms with Crippen molar-refractivity contribution in [3.8, 4) is 0 Å². The van der Waals surface area contributed by atoms with Gasteiger partial charge in [0.1, 0.15) is 0 Å². The van der Waals surface area contributed by atoms with Gasteiger partial charge in [-0.15, -0.1) is 12.3 Å². The Kier molecular flexibility index (Phi) is 4.04. The summed E-state index contributed by atoms with van der Waals surface area (Å²) in [7, 11) is 0. The minimum atomic E-state index is 0.145. The smallest absolute Gasteiger partial charge is 0.0319 e. The summed E-state index contributed by atoms with van der Waals surface area (Å²) in [5, 5.41) is 10.2. The molecule has 0 unspecified atom stereocenters. The van der Waals surface area contributed by atoms with Crippen LogP contribution in [0.3, 0.4) is 0 Å². The molecule has 0 aliphatic rings. The summed E-state index contributed by atoms with van der Waals surface area (Å²) in [6, 6.07) is 0. The maximum absolute atomic E-state index is 10.2. The molecule has 0 aromatic carbocycles. The van der Waals surface area contributed by atoms with Crippen molar-refractivity contribution in [1.82, 2.24) is 0 Å². The summed E-state index contributed by atoms with van der Waals surface area (Å²) in [5.74, 6) is 0.145. The van der Waals surface area contributed by atoms with Crippen LogP contribution in [0.15, 0.2) is 24.5 Å². The lowest BCUT2D eigenvalue weighted by Crippen LogP contribution is -1.96. The van der Waals surface area contributed by atoms with Gasteiger partial charge in [0.25, 0.3) is 0 Å². The zero-order chi connectivity index (χ0) is 6.41. The Hall–Kier alpha value is -0.720. The molecular weight excluding hydrogens is 100 g/mol. The normalized spacial score (nSPS) is 11.4. The predicted molar refractivity (Wildman–Crippen MR) is 33.2 cm³/mol. The average molecular weight is 111 g/mol. The van der Waals surface area contributed by atoms with Gasteiger partial charge in [-0.2, -0.15) is 0 Å². The molecule has 0 saturated heterocycles. The Morgan fingerprint density at radius 1 is 1.62 bits per heavy atom. The molecule has 46 valence electrons. The molecule has 0 aromatic heterocycles. The van der Waals surface area contributed by atoms with Crippen molar-refractivity contribution in [2.24, 2.45) is 0 Å². The summed E-state index contributed by atoms with van der Waals surface area (Å²) in [6.45, 7) is 5.08. The summed E-state index contributed by atoms with van der Waals surface area (Å²) < 4.78 is 0. The van der Waals surface area contributed by atoms with Crippen LogP contribution in [0.5, 0.6) is 0 Å². The van der Waals surface area contributed by atoms with Crippen molar-refractivity contribution in [1.29, 1.82) is 0 Å². The van der Waals surface area contributed by atoms with Crippen molar-refractivity contribution >= 4 is 0 Å². The molecule has 0 heterocycles. The zero-order valence-electron chi connectivity index (χ0n) is 5.18. The molecule has 1 nitrogen and oxygen atoms in total. The van der Waals surface area contributed by atoms with Gasteiger partial charge in [0.05, 0.1) is 0 Å². The fraction of sp³-hybridized carbons (Fsp3) is 0.429. The Labute approximate surface area is 50.3 Å². The second kappa shape index (κ2) is 4.44. The Bertz CT molecular complexity index is 88.6. The number of allylic oxidation sites excluding steroid dienone is 3. The highest BCUT2D eigenvalue weighted by Gasteiger charge is 1.71. The first-order chi connectivity index (χ1) is 3.77. The van der Waals surface area contributed by atoms with Crippen LogP contribution in [-0.2, 0) is 0 Å². The fourth-order valence-corrected chi connectivity index (χ4v) is 0.404. The van der Waals surface area contributed by atoms with Crippen molar-refractivity contribution in [3.05, 3.63) is 24.5 Å². The zero-order valence-corrected chi connectivity index (χ0v) is 5.18. The lowest BCUT2D eigenvalue weighted by molar-refractivity contribution is -0.302. The molecule has 0 bridgehead atoms. The van der Waals surface area contributed by atoms with E-state index in [1.165, 1.54) is 0 Å². The van der Waals surface area contributed by atoms with Crippen molar-refractivity contribution in [2.45, 2.75) is 19.8 Å². The number of hydrogen-bond acceptors (Lipinski definition) is 1. The average Bonchev–Trinajstić information content (AvgIpc) is 1.66. The predicted octanol–water partition coefficient (Wildman–Crippen LogP) is 1.22. The van der Waals surface area contributed by atoms with Crippen LogP contribution in [0.4, 0.5) is 0 Å². The molecule has 0 aliphatic heterocycles. The van der Waals surface area contributed by atoms with Gasteiger partial charge in [0.2, 0.25) is 0 Å². The lowest BCUT2D eigenvalue weighted by Gasteiger charge is -2.00. The number of rotatable bonds is 3. The van der Waals surface area contributed by atoms with Crippen molar-refractivity contribution < 1.29 is 5.11 Å². The molecule has 0 radical (unpaired) electrons. The molecule has 0 aliphatic carbocycles. The standard InChI is InChI=1S/C7H12O/c1-3-4-5-6-7(2)8/h3,6,8H,1,4-5H2,2H3/p-1/b7-6-. The van der Waals surface area contributed by atoms with Gasteiger partial charge in [0, 0.05) is 0 Å². The van der Waals surface area contributed by atoms with Crippen molar-refractivity contribution in [3.63, 3.8) is 0 Å². The van der Waals surface area contributed by atoms with E-state index in [0.717, 1.165) is 12.8 Å². The van der Waals surface area contributed by atoms with E-state index in [1.54, 1.807) is 19.1 Å². The first kappa shape index (κ1) is 7.28. The monoisotopic (exact) mass is 111 g/mol. The molecule has 8 heavy (non-hydrogen) atoms. The summed E-state index contributed by atoms with van der Waals surface area (Å²) in [4.78, 5) is 0. The van der Waals surface area contributed by atoms with Gasteiger partial charge in [-0.1, -0.05) is 19.1 Å². The molecule has 1 heteroatoms. The van der Waals surface area contributed by atoms with E-state index in [9.17, 15) is 5.11 Å². The topological polar surface area (TPSA) is 23.1 Å². The third-order valence-electron chi connectivity index (χ3n) is 0.803. The molecule has 0 N–H and O–H groups in total. The molecule has 0 amide bonds. The quantitative estimate of drug-likeness (QED) is 0.305. The summed E-state index contributed by atoms with van der Waals surface area (Å²) >= 11 is 0. The van der Waals surface area contributed by atoms with E-state index in [4.69, 9.17) is 0 Å². The van der Waals surface area contributed by atoms with E-state index in [2.05, 4.69) is 6.58 Å². The van der Waals surface area contributed by atoms with Gasteiger partial charge >= 0.3 is 0 Å². The highest BCUT2D eigenvalue weighted by atomic mass is 16.3. The van der Waals surface area contributed by atoms with E-state index >= 15 is 0 Å². The third kappa shape index (κ3) is 5.28.